The Morgan fingerprint density at radius 2 is 1.86 bits per heavy atom. The third-order valence-electron chi connectivity index (χ3n) is 5.42. The number of H-pyrrole nitrogens is 1. The molecule has 186 valence electrons. The van der Waals surface area contributed by atoms with Gasteiger partial charge in [-0.1, -0.05) is 6.07 Å². The predicted octanol–water partition coefficient (Wildman–Crippen LogP) is 5.27. The Balaban J connectivity index is 1.44. The average molecular weight is 508 g/mol. The van der Waals surface area contributed by atoms with Crippen LogP contribution in [0.25, 0.3) is 22.4 Å². The van der Waals surface area contributed by atoms with Gasteiger partial charge in [-0.2, -0.15) is 13.2 Å². The summed E-state index contributed by atoms with van der Waals surface area (Å²) < 4.78 is 52.6. The number of anilines is 3. The van der Waals surface area contributed by atoms with Gasteiger partial charge in [0.25, 0.3) is 5.91 Å². The van der Waals surface area contributed by atoms with Crippen LogP contribution in [-0.4, -0.2) is 35.8 Å². The quantitative estimate of drug-likeness (QED) is 0.277. The molecule has 1 amide bonds. The molecule has 0 aliphatic heterocycles. The molecule has 0 saturated heterocycles. The molecule has 5 rings (SSSR count). The summed E-state index contributed by atoms with van der Waals surface area (Å²) in [5.41, 5.74) is 1.78. The zero-order valence-electron chi connectivity index (χ0n) is 18.9. The maximum atomic E-state index is 13.5. The molecular formula is C24H16F4N8O. The van der Waals surface area contributed by atoms with Crippen molar-refractivity contribution in [1.29, 1.82) is 0 Å². The molecule has 0 aliphatic rings. The van der Waals surface area contributed by atoms with Crippen LogP contribution in [0.4, 0.5) is 34.8 Å². The van der Waals surface area contributed by atoms with Crippen molar-refractivity contribution >= 4 is 34.3 Å². The Labute approximate surface area is 206 Å². The topological polar surface area (TPSA) is 121 Å². The van der Waals surface area contributed by atoms with E-state index in [0.717, 1.165) is 5.56 Å². The molecule has 13 heteroatoms. The maximum Gasteiger partial charge on any atom is 0.419 e. The number of pyridine rings is 2. The van der Waals surface area contributed by atoms with Crippen molar-refractivity contribution in [3.8, 4) is 11.3 Å². The van der Waals surface area contributed by atoms with E-state index in [1.165, 1.54) is 12.7 Å². The van der Waals surface area contributed by atoms with Gasteiger partial charge in [0.05, 0.1) is 18.1 Å². The Hall–Kier alpha value is -4.94. The van der Waals surface area contributed by atoms with Crippen LogP contribution in [0, 0.1) is 12.7 Å². The summed E-state index contributed by atoms with van der Waals surface area (Å²) in [5.74, 6) is -2.04. The number of benzene rings is 1. The molecule has 0 bridgehead atoms. The zero-order chi connectivity index (χ0) is 26.2. The lowest BCUT2D eigenvalue weighted by Gasteiger charge is -2.15. The Kier molecular flexibility index (Phi) is 5.95. The van der Waals surface area contributed by atoms with Gasteiger partial charge in [0.2, 0.25) is 0 Å². The van der Waals surface area contributed by atoms with Crippen molar-refractivity contribution in [3.05, 3.63) is 84.1 Å². The number of halogens is 4. The first-order valence-corrected chi connectivity index (χ1v) is 10.7. The monoisotopic (exact) mass is 508 g/mol. The van der Waals surface area contributed by atoms with E-state index >= 15 is 0 Å². The first kappa shape index (κ1) is 23.8. The number of hydrogen-bond acceptors (Lipinski definition) is 7. The molecular weight excluding hydrogens is 492 g/mol. The number of nitrogens with one attached hydrogen (secondary N) is 3. The van der Waals surface area contributed by atoms with Gasteiger partial charge in [0, 0.05) is 23.1 Å². The van der Waals surface area contributed by atoms with Crippen LogP contribution in [-0.2, 0) is 6.18 Å². The lowest BCUT2D eigenvalue weighted by molar-refractivity contribution is -0.140. The lowest BCUT2D eigenvalue weighted by Crippen LogP contribution is -2.17. The highest BCUT2D eigenvalue weighted by Crippen LogP contribution is 2.33. The third-order valence-corrected chi connectivity index (χ3v) is 5.42. The van der Waals surface area contributed by atoms with Gasteiger partial charge in [0.15, 0.2) is 11.5 Å². The van der Waals surface area contributed by atoms with Gasteiger partial charge in [-0.25, -0.2) is 29.3 Å². The van der Waals surface area contributed by atoms with E-state index in [-0.39, 0.29) is 5.69 Å². The molecule has 0 atom stereocenters. The number of hydrogen-bond donors (Lipinski definition) is 3. The summed E-state index contributed by atoms with van der Waals surface area (Å²) in [5, 5.41) is 5.70. The number of aromatic amines is 1. The average Bonchev–Trinajstić information content (AvgIpc) is 3.35. The van der Waals surface area contributed by atoms with Crippen LogP contribution < -0.4 is 10.6 Å². The summed E-state index contributed by atoms with van der Waals surface area (Å²) in [6.07, 6.45) is -0.0907. The Morgan fingerprint density at radius 3 is 2.68 bits per heavy atom. The summed E-state index contributed by atoms with van der Waals surface area (Å²) in [4.78, 5) is 36.2. The molecule has 4 heterocycles. The number of carbonyl (C=O) groups is 1. The van der Waals surface area contributed by atoms with Crippen LogP contribution in [0.15, 0.2) is 61.4 Å². The summed E-state index contributed by atoms with van der Waals surface area (Å²) in [6.45, 7) is 1.82. The molecule has 5 aromatic rings. The largest absolute Gasteiger partial charge is 0.419 e. The number of aromatic nitrogens is 6. The van der Waals surface area contributed by atoms with E-state index in [1.807, 2.05) is 13.0 Å². The Morgan fingerprint density at radius 1 is 1.03 bits per heavy atom. The van der Waals surface area contributed by atoms with Gasteiger partial charge in [0.1, 0.15) is 29.0 Å². The van der Waals surface area contributed by atoms with Crippen LogP contribution in [0.2, 0.25) is 0 Å². The molecule has 1 aromatic carbocycles. The molecule has 9 nitrogen and oxygen atoms in total. The zero-order valence-corrected chi connectivity index (χ0v) is 18.9. The van der Waals surface area contributed by atoms with Gasteiger partial charge >= 0.3 is 6.18 Å². The second-order valence-electron chi connectivity index (χ2n) is 7.88. The second kappa shape index (κ2) is 9.26. The minimum atomic E-state index is -4.96. The molecule has 0 fully saturated rings. The van der Waals surface area contributed by atoms with Crippen molar-refractivity contribution in [2.75, 3.05) is 10.6 Å². The fraction of sp³-hybridized carbons (Fsp3) is 0.0833. The molecule has 0 saturated carbocycles. The molecule has 0 radical (unpaired) electrons. The van der Waals surface area contributed by atoms with E-state index in [2.05, 4.69) is 40.5 Å². The molecule has 0 aliphatic carbocycles. The highest BCUT2D eigenvalue weighted by atomic mass is 19.4. The van der Waals surface area contributed by atoms with Gasteiger partial charge in [-0.3, -0.25) is 4.79 Å². The van der Waals surface area contributed by atoms with Gasteiger partial charge in [-0.05, 0) is 42.8 Å². The summed E-state index contributed by atoms with van der Waals surface area (Å²) in [7, 11) is 0. The number of nitrogens with zero attached hydrogens (tertiary/aromatic N) is 5. The van der Waals surface area contributed by atoms with Crippen LogP contribution in [0.3, 0.4) is 0 Å². The standard InChI is InChI=1S/C24H16F4N8O/c1-12-4-5-13(35-23(37)18-8-15(24(26,27)28)16(25)9-30-18)7-17(12)36-21-14(3-2-6-29-21)19-20-22(33-10-31-19)34-11-32-20/h2-11H,1H3,(H,29,36)(H,35,37)(H,31,32,33,34). The minimum absolute atomic E-state index is 0.270. The van der Waals surface area contributed by atoms with Crippen LogP contribution >= 0.6 is 0 Å². The SMILES string of the molecule is Cc1ccc(NC(=O)c2cc(C(F)(F)F)c(F)cn2)cc1Nc1ncccc1-c1ncnc2[nH]cnc12. The predicted molar refractivity (Wildman–Crippen MR) is 127 cm³/mol. The summed E-state index contributed by atoms with van der Waals surface area (Å²) >= 11 is 0. The first-order valence-electron chi connectivity index (χ1n) is 10.7. The number of rotatable bonds is 5. The number of aryl methyl sites for hydroxylation is 1. The number of alkyl halides is 3. The van der Waals surface area contributed by atoms with Crippen LogP contribution in [0.5, 0.6) is 0 Å². The normalized spacial score (nSPS) is 11.5. The molecule has 37 heavy (non-hydrogen) atoms. The van der Waals surface area contributed by atoms with Crippen molar-refractivity contribution in [3.63, 3.8) is 0 Å². The van der Waals surface area contributed by atoms with E-state index < -0.39 is 29.2 Å². The fourth-order valence-electron chi connectivity index (χ4n) is 3.59. The van der Waals surface area contributed by atoms with Crippen molar-refractivity contribution in [2.45, 2.75) is 13.1 Å². The number of fused-ring (bicyclic) bond motifs is 1. The molecule has 4 aromatic heterocycles. The smallest absolute Gasteiger partial charge is 0.339 e. The van der Waals surface area contributed by atoms with Crippen molar-refractivity contribution < 1.29 is 22.4 Å². The van der Waals surface area contributed by atoms with E-state index in [9.17, 15) is 22.4 Å². The fourth-order valence-corrected chi connectivity index (χ4v) is 3.59. The second-order valence-corrected chi connectivity index (χ2v) is 7.88. The highest BCUT2D eigenvalue weighted by Gasteiger charge is 2.35. The highest BCUT2D eigenvalue weighted by molar-refractivity contribution is 6.03. The number of carbonyl (C=O) groups excluding carboxylic acids is 1. The van der Waals surface area contributed by atoms with Gasteiger partial charge < -0.3 is 15.6 Å². The summed E-state index contributed by atoms with van der Waals surface area (Å²) in [6, 6.07) is 8.79. The third kappa shape index (κ3) is 4.78. The van der Waals surface area contributed by atoms with Gasteiger partial charge in [-0.15, -0.1) is 0 Å². The van der Waals surface area contributed by atoms with Crippen molar-refractivity contribution in [2.24, 2.45) is 0 Å². The number of imidazole rings is 1. The number of amides is 1. The minimum Gasteiger partial charge on any atom is -0.339 e. The van der Waals surface area contributed by atoms with Crippen molar-refractivity contribution in [1.82, 2.24) is 29.9 Å². The maximum absolute atomic E-state index is 13.5. The lowest BCUT2D eigenvalue weighted by atomic mass is 10.1. The Bertz CT molecular complexity index is 1630. The molecule has 0 unspecified atom stereocenters. The van der Waals surface area contributed by atoms with E-state index in [0.29, 0.717) is 46.2 Å². The molecule has 0 spiro atoms. The van der Waals surface area contributed by atoms with E-state index in [1.54, 1.807) is 30.5 Å². The van der Waals surface area contributed by atoms with E-state index in [4.69, 9.17) is 0 Å². The van der Waals surface area contributed by atoms with Crippen LogP contribution in [0.1, 0.15) is 21.6 Å². The first-order chi connectivity index (χ1) is 17.7. The molecule has 3 N–H and O–H groups in total.